The van der Waals surface area contributed by atoms with E-state index in [2.05, 4.69) is 10.3 Å². The number of nitrogens with one attached hydrogen (secondary N) is 1. The van der Waals surface area contributed by atoms with E-state index in [-0.39, 0.29) is 11.7 Å². The lowest BCUT2D eigenvalue weighted by molar-refractivity contribution is 0.0933. The molecular weight excluding hydrogens is 483 g/mol. The van der Waals surface area contributed by atoms with Crippen LogP contribution in [-0.2, 0) is 18.6 Å². The number of pyridine rings is 1. The number of halogens is 2. The molecule has 36 heavy (non-hydrogen) atoms. The van der Waals surface area contributed by atoms with Crippen molar-refractivity contribution in [2.75, 3.05) is 20.1 Å². The minimum absolute atomic E-state index is 0.275. The number of hydrogen-bond acceptors (Lipinski definition) is 5. The molecule has 2 N–H and O–H groups in total. The lowest BCUT2D eigenvalue weighted by Gasteiger charge is -2.32. The normalized spacial score (nSPS) is 22.9. The Bertz CT molecular complexity index is 1230. The molecule has 1 amide bonds. The highest BCUT2D eigenvalue weighted by Gasteiger charge is 2.46. The number of nitrogens with zero attached hydrogens (tertiary/aromatic N) is 3. The SMILES string of the molecule is CN=CCCC1=CC2(CCCC1)NC(=O)c1c3c(c(O)c(=O)n12)CN(CC(/C=C/Cl)=C/C=C/F)CC3. The van der Waals surface area contributed by atoms with Gasteiger partial charge in [0.05, 0.1) is 6.33 Å². The lowest BCUT2D eigenvalue weighted by Crippen LogP contribution is -2.46. The largest absolute Gasteiger partial charge is 0.503 e. The Morgan fingerprint density at radius 3 is 2.89 bits per heavy atom. The maximum atomic E-state index is 13.6. The van der Waals surface area contributed by atoms with Gasteiger partial charge in [-0.15, -0.1) is 0 Å². The number of fused-ring (bicyclic) bond motifs is 4. The summed E-state index contributed by atoms with van der Waals surface area (Å²) in [6.07, 6.45) is 14.4. The Kier molecular flexibility index (Phi) is 8.26. The van der Waals surface area contributed by atoms with Gasteiger partial charge in [0.25, 0.3) is 11.5 Å². The van der Waals surface area contributed by atoms with E-state index in [0.29, 0.717) is 50.1 Å². The van der Waals surface area contributed by atoms with E-state index in [4.69, 9.17) is 11.6 Å². The molecule has 1 aromatic rings. The first-order valence-electron chi connectivity index (χ1n) is 12.3. The van der Waals surface area contributed by atoms with Gasteiger partial charge in [0, 0.05) is 37.8 Å². The Morgan fingerprint density at radius 2 is 2.14 bits per heavy atom. The number of aliphatic imine (C=N–C) groups is 1. The molecule has 7 nitrogen and oxygen atoms in total. The first kappa shape index (κ1) is 26.1. The molecule has 0 radical (unpaired) electrons. The van der Waals surface area contributed by atoms with Crippen molar-refractivity contribution in [2.24, 2.45) is 4.99 Å². The third-order valence-electron chi connectivity index (χ3n) is 7.16. The van der Waals surface area contributed by atoms with E-state index in [1.807, 2.05) is 17.2 Å². The van der Waals surface area contributed by atoms with E-state index in [9.17, 15) is 19.1 Å². The first-order chi connectivity index (χ1) is 17.4. The summed E-state index contributed by atoms with van der Waals surface area (Å²) in [6.45, 7) is 1.37. The second-order valence-electron chi connectivity index (χ2n) is 9.48. The smallest absolute Gasteiger partial charge is 0.295 e. The van der Waals surface area contributed by atoms with Crippen LogP contribution in [0.1, 0.15) is 60.1 Å². The van der Waals surface area contributed by atoms with Crippen LogP contribution < -0.4 is 10.9 Å². The average molecular weight is 515 g/mol. The van der Waals surface area contributed by atoms with Crippen molar-refractivity contribution >= 4 is 23.7 Å². The predicted molar refractivity (Wildman–Crippen MR) is 140 cm³/mol. The predicted octanol–water partition coefficient (Wildman–Crippen LogP) is 4.45. The molecule has 1 aromatic heterocycles. The van der Waals surface area contributed by atoms with Crippen LogP contribution in [0, 0.1) is 0 Å². The summed E-state index contributed by atoms with van der Waals surface area (Å²) in [4.78, 5) is 33.0. The molecule has 3 heterocycles. The Morgan fingerprint density at radius 1 is 1.31 bits per heavy atom. The van der Waals surface area contributed by atoms with E-state index in [1.165, 1.54) is 21.8 Å². The average Bonchev–Trinajstić information content (AvgIpc) is 3.00. The molecule has 1 aliphatic carbocycles. The molecule has 3 aliphatic rings. The van der Waals surface area contributed by atoms with Crippen LogP contribution >= 0.6 is 11.6 Å². The fourth-order valence-corrected chi connectivity index (χ4v) is 5.74. The highest BCUT2D eigenvalue weighted by Crippen LogP contribution is 2.39. The minimum Gasteiger partial charge on any atom is -0.503 e. The van der Waals surface area contributed by atoms with Crippen LogP contribution in [0.3, 0.4) is 0 Å². The van der Waals surface area contributed by atoms with E-state index in [1.54, 1.807) is 19.2 Å². The monoisotopic (exact) mass is 514 g/mol. The molecular formula is C27H32ClFN4O3. The van der Waals surface area contributed by atoms with E-state index < -0.39 is 11.2 Å². The van der Waals surface area contributed by atoms with Crippen molar-refractivity contribution in [3.8, 4) is 5.75 Å². The maximum Gasteiger partial charge on any atom is 0.295 e. The quantitative estimate of drug-likeness (QED) is 0.320. The summed E-state index contributed by atoms with van der Waals surface area (Å²) < 4.78 is 14.0. The second-order valence-corrected chi connectivity index (χ2v) is 9.73. The van der Waals surface area contributed by atoms with Crippen LogP contribution in [0.25, 0.3) is 0 Å². The summed E-state index contributed by atoms with van der Waals surface area (Å²) in [5.41, 5.74) is 3.38. The lowest BCUT2D eigenvalue weighted by atomic mass is 9.95. The van der Waals surface area contributed by atoms with Gasteiger partial charge in [-0.1, -0.05) is 23.3 Å². The van der Waals surface area contributed by atoms with Crippen molar-refractivity contribution in [3.63, 3.8) is 0 Å². The van der Waals surface area contributed by atoms with Gasteiger partial charge >= 0.3 is 0 Å². The number of aromatic hydroxyl groups is 1. The Balaban J connectivity index is 1.72. The number of rotatable bonds is 7. The molecule has 4 rings (SSSR count). The van der Waals surface area contributed by atoms with Gasteiger partial charge in [0.2, 0.25) is 0 Å². The highest BCUT2D eigenvalue weighted by molar-refractivity contribution is 6.25. The van der Waals surface area contributed by atoms with E-state index in [0.717, 1.165) is 43.2 Å². The van der Waals surface area contributed by atoms with Crippen LogP contribution in [0.15, 0.2) is 57.1 Å². The number of carbonyl (C=O) groups is 1. The Labute approximate surface area is 215 Å². The number of hydrogen-bond donors (Lipinski definition) is 2. The summed E-state index contributed by atoms with van der Waals surface area (Å²) in [5.74, 6) is -0.586. The molecule has 1 atom stereocenters. The molecule has 1 spiro atoms. The van der Waals surface area contributed by atoms with Crippen molar-refractivity contribution in [3.05, 3.63) is 74.5 Å². The maximum absolute atomic E-state index is 13.6. The summed E-state index contributed by atoms with van der Waals surface area (Å²) in [7, 11) is 1.75. The molecule has 0 saturated carbocycles. The topological polar surface area (TPSA) is 86.9 Å². The fraction of sp³-hybridized carbons (Fsp3) is 0.444. The van der Waals surface area contributed by atoms with Gasteiger partial charge < -0.3 is 15.4 Å². The molecule has 9 heteroatoms. The van der Waals surface area contributed by atoms with Gasteiger partial charge in [-0.05, 0) is 80.5 Å². The second kappa shape index (κ2) is 11.4. The molecule has 192 valence electrons. The summed E-state index contributed by atoms with van der Waals surface area (Å²) in [5, 5.41) is 14.2. The first-order valence-corrected chi connectivity index (χ1v) is 12.8. The molecule has 2 aliphatic heterocycles. The zero-order chi connectivity index (χ0) is 25.7. The zero-order valence-electron chi connectivity index (χ0n) is 20.5. The molecule has 0 bridgehead atoms. The number of amides is 1. The molecule has 0 fully saturated rings. The van der Waals surface area contributed by atoms with Crippen molar-refractivity contribution < 1.29 is 14.3 Å². The number of allylic oxidation sites excluding steroid dienone is 3. The van der Waals surface area contributed by atoms with Crippen LogP contribution in [-0.4, -0.2) is 46.8 Å². The van der Waals surface area contributed by atoms with Crippen LogP contribution in [0.2, 0.25) is 0 Å². The van der Waals surface area contributed by atoms with Crippen molar-refractivity contribution in [1.29, 1.82) is 0 Å². The van der Waals surface area contributed by atoms with E-state index >= 15 is 0 Å². The molecule has 1 unspecified atom stereocenters. The summed E-state index contributed by atoms with van der Waals surface area (Å²) in [6, 6.07) is 0. The minimum atomic E-state index is -0.956. The Hall–Kier alpha value is -2.97. The van der Waals surface area contributed by atoms with Gasteiger partial charge in [-0.3, -0.25) is 19.1 Å². The van der Waals surface area contributed by atoms with Gasteiger partial charge in [0.1, 0.15) is 11.4 Å². The van der Waals surface area contributed by atoms with Gasteiger partial charge in [0.15, 0.2) is 5.75 Å². The highest BCUT2D eigenvalue weighted by atomic mass is 35.5. The fourth-order valence-electron chi connectivity index (χ4n) is 5.58. The third-order valence-corrected chi connectivity index (χ3v) is 7.29. The van der Waals surface area contributed by atoms with Crippen molar-refractivity contribution in [2.45, 2.75) is 57.2 Å². The molecule has 0 saturated heterocycles. The molecule has 0 aromatic carbocycles. The van der Waals surface area contributed by atoms with Gasteiger partial charge in [-0.2, -0.15) is 0 Å². The van der Waals surface area contributed by atoms with Crippen LogP contribution in [0.5, 0.6) is 5.75 Å². The number of aromatic nitrogens is 1. The standard InChI is InChI=1S/C27H32ClFN4O3/c1-30-14-5-8-19-6-2-3-11-27(16-19)31-25(35)23-21-10-15-32(17-20(9-12-28)7-4-13-29)18-22(21)24(34)26(36)33(23)27/h4,7,9,12-14,16,34H,2-3,5-6,8,10-11,15,17-18H2,1H3,(H,31,35)/b12-9+,13-4+,20-7+,30-14?. The summed E-state index contributed by atoms with van der Waals surface area (Å²) >= 11 is 5.73. The van der Waals surface area contributed by atoms with Gasteiger partial charge in [-0.25, -0.2) is 4.39 Å². The van der Waals surface area contributed by atoms with Crippen LogP contribution in [0.4, 0.5) is 4.39 Å². The number of carbonyl (C=O) groups excluding carboxylic acids is 1. The zero-order valence-corrected chi connectivity index (χ0v) is 21.2. The third kappa shape index (κ3) is 5.11. The van der Waals surface area contributed by atoms with Crippen molar-refractivity contribution in [1.82, 2.24) is 14.8 Å².